The summed E-state index contributed by atoms with van der Waals surface area (Å²) in [6.45, 7) is 2.24. The average Bonchev–Trinajstić information content (AvgIpc) is 2.75. The van der Waals surface area contributed by atoms with Crippen molar-refractivity contribution in [1.82, 2.24) is 14.8 Å². The molecule has 17 heavy (non-hydrogen) atoms. The van der Waals surface area contributed by atoms with Gasteiger partial charge in [-0.05, 0) is 25.8 Å². The number of rotatable bonds is 1. The van der Waals surface area contributed by atoms with E-state index >= 15 is 0 Å². The first-order chi connectivity index (χ1) is 8.27. The second kappa shape index (κ2) is 4.26. The monoisotopic (exact) mass is 291 g/mol. The Labute approximate surface area is 109 Å². The molecule has 0 amide bonds. The number of benzene rings is 1. The van der Waals surface area contributed by atoms with E-state index in [4.69, 9.17) is 0 Å². The summed E-state index contributed by atoms with van der Waals surface area (Å²) in [5.41, 5.74) is 1.13. The first-order valence-electron chi connectivity index (χ1n) is 5.96. The highest BCUT2D eigenvalue weighted by Gasteiger charge is 2.22. The summed E-state index contributed by atoms with van der Waals surface area (Å²) in [6.07, 6.45) is 3.47. The lowest BCUT2D eigenvalue weighted by atomic mass is 10.1. The molecule has 1 atom stereocenters. The van der Waals surface area contributed by atoms with Crippen LogP contribution in [0.15, 0.2) is 28.7 Å². The quantitative estimate of drug-likeness (QED) is 0.804. The number of aromatic nitrogens is 3. The molecular weight excluding hydrogens is 278 g/mol. The fourth-order valence-electron chi connectivity index (χ4n) is 2.47. The minimum atomic E-state index is 0.496. The zero-order valence-electron chi connectivity index (χ0n) is 9.73. The number of aryl methyl sites for hydroxylation is 1. The summed E-state index contributed by atoms with van der Waals surface area (Å²) in [5.74, 6) is 2.11. The van der Waals surface area contributed by atoms with Crippen molar-refractivity contribution in [2.45, 2.75) is 32.2 Å². The summed E-state index contributed by atoms with van der Waals surface area (Å²) in [4.78, 5) is 0. The Morgan fingerprint density at radius 1 is 1.29 bits per heavy atom. The third-order valence-electron chi connectivity index (χ3n) is 3.34. The van der Waals surface area contributed by atoms with Crippen LogP contribution in [0.1, 0.15) is 31.6 Å². The van der Waals surface area contributed by atoms with E-state index < -0.39 is 0 Å². The van der Waals surface area contributed by atoms with Crippen molar-refractivity contribution in [3.63, 3.8) is 0 Å². The number of nitrogens with zero attached hydrogens (tertiary/aromatic N) is 3. The van der Waals surface area contributed by atoms with E-state index in [9.17, 15) is 0 Å². The van der Waals surface area contributed by atoms with Gasteiger partial charge in [-0.2, -0.15) is 0 Å². The van der Waals surface area contributed by atoms with E-state index in [-0.39, 0.29) is 0 Å². The average molecular weight is 292 g/mol. The molecule has 0 N–H and O–H groups in total. The molecule has 1 aromatic heterocycles. The predicted molar refractivity (Wildman–Crippen MR) is 70.8 cm³/mol. The lowest BCUT2D eigenvalue weighted by Crippen LogP contribution is -2.16. The maximum absolute atomic E-state index is 4.36. The molecule has 88 valence electrons. The minimum absolute atomic E-state index is 0.496. The molecular formula is C13H14BrN3. The zero-order valence-corrected chi connectivity index (χ0v) is 11.3. The number of halogens is 1. The van der Waals surface area contributed by atoms with Crippen molar-refractivity contribution in [3.8, 4) is 11.4 Å². The fourth-order valence-corrected chi connectivity index (χ4v) is 2.93. The SMILES string of the molecule is CC1CCCc2nnc(-c3ccccc3Br)n21. The van der Waals surface area contributed by atoms with Crippen LogP contribution in [0.2, 0.25) is 0 Å². The van der Waals surface area contributed by atoms with Crippen molar-refractivity contribution in [2.75, 3.05) is 0 Å². The molecule has 1 aliphatic heterocycles. The first kappa shape index (κ1) is 11.0. The van der Waals surface area contributed by atoms with Crippen LogP contribution in [-0.4, -0.2) is 14.8 Å². The van der Waals surface area contributed by atoms with Crippen molar-refractivity contribution >= 4 is 15.9 Å². The molecule has 0 aliphatic carbocycles. The Balaban J connectivity index is 2.17. The molecule has 2 aromatic rings. The van der Waals surface area contributed by atoms with E-state index in [1.165, 1.54) is 12.8 Å². The molecule has 0 radical (unpaired) electrons. The molecule has 1 aromatic carbocycles. The van der Waals surface area contributed by atoms with Crippen LogP contribution in [0.4, 0.5) is 0 Å². The van der Waals surface area contributed by atoms with Crippen LogP contribution in [0.3, 0.4) is 0 Å². The molecule has 4 heteroatoms. The Kier molecular flexibility index (Phi) is 2.74. The Bertz CT molecular complexity index is 547. The minimum Gasteiger partial charge on any atom is -0.308 e. The highest BCUT2D eigenvalue weighted by atomic mass is 79.9. The normalized spacial score (nSPS) is 19.1. The number of hydrogen-bond acceptors (Lipinski definition) is 2. The van der Waals surface area contributed by atoms with Gasteiger partial charge in [0.05, 0.1) is 0 Å². The Morgan fingerprint density at radius 3 is 2.94 bits per heavy atom. The van der Waals surface area contributed by atoms with Crippen molar-refractivity contribution in [2.24, 2.45) is 0 Å². The standard InChI is InChI=1S/C13H14BrN3/c1-9-5-4-8-12-15-16-13(17(9)12)10-6-2-3-7-11(10)14/h2-3,6-7,9H,4-5,8H2,1H3. The summed E-state index contributed by atoms with van der Waals surface area (Å²) >= 11 is 3.58. The fraction of sp³-hybridized carbons (Fsp3) is 0.385. The third-order valence-corrected chi connectivity index (χ3v) is 4.04. The first-order valence-corrected chi connectivity index (χ1v) is 6.75. The van der Waals surface area contributed by atoms with Gasteiger partial charge >= 0.3 is 0 Å². The topological polar surface area (TPSA) is 30.7 Å². The molecule has 3 rings (SSSR count). The van der Waals surface area contributed by atoms with Gasteiger partial charge in [-0.3, -0.25) is 0 Å². The van der Waals surface area contributed by atoms with E-state index in [0.717, 1.165) is 28.1 Å². The van der Waals surface area contributed by atoms with Crippen LogP contribution >= 0.6 is 15.9 Å². The molecule has 1 unspecified atom stereocenters. The highest BCUT2D eigenvalue weighted by molar-refractivity contribution is 9.10. The van der Waals surface area contributed by atoms with Gasteiger partial charge < -0.3 is 4.57 Å². The van der Waals surface area contributed by atoms with Crippen molar-refractivity contribution in [1.29, 1.82) is 0 Å². The molecule has 2 heterocycles. The predicted octanol–water partition coefficient (Wildman–Crippen LogP) is 3.60. The second-order valence-corrected chi connectivity index (χ2v) is 5.39. The van der Waals surface area contributed by atoms with Gasteiger partial charge in [0.25, 0.3) is 0 Å². The maximum atomic E-state index is 4.36. The summed E-state index contributed by atoms with van der Waals surface area (Å²) in [6, 6.07) is 8.68. The summed E-state index contributed by atoms with van der Waals surface area (Å²) in [5, 5.41) is 8.68. The lowest BCUT2D eigenvalue weighted by molar-refractivity contribution is 0.429. The van der Waals surface area contributed by atoms with Crippen molar-refractivity contribution in [3.05, 3.63) is 34.6 Å². The molecule has 0 fully saturated rings. The molecule has 1 aliphatic rings. The van der Waals surface area contributed by atoms with Gasteiger partial charge in [-0.15, -0.1) is 10.2 Å². The van der Waals surface area contributed by atoms with Crippen LogP contribution < -0.4 is 0 Å². The van der Waals surface area contributed by atoms with Gasteiger partial charge in [0.1, 0.15) is 5.82 Å². The van der Waals surface area contributed by atoms with Gasteiger partial charge in [-0.1, -0.05) is 34.1 Å². The Morgan fingerprint density at radius 2 is 2.12 bits per heavy atom. The lowest BCUT2D eigenvalue weighted by Gasteiger charge is -2.22. The van der Waals surface area contributed by atoms with Crippen molar-refractivity contribution < 1.29 is 0 Å². The molecule has 0 saturated carbocycles. The van der Waals surface area contributed by atoms with Gasteiger partial charge in [0.2, 0.25) is 0 Å². The van der Waals surface area contributed by atoms with Crippen LogP contribution in [0, 0.1) is 0 Å². The van der Waals surface area contributed by atoms with Gasteiger partial charge in [-0.25, -0.2) is 0 Å². The maximum Gasteiger partial charge on any atom is 0.165 e. The Hall–Kier alpha value is -1.16. The highest BCUT2D eigenvalue weighted by Crippen LogP contribution is 2.32. The third kappa shape index (κ3) is 1.80. The second-order valence-electron chi connectivity index (χ2n) is 4.53. The van der Waals surface area contributed by atoms with Crippen LogP contribution in [-0.2, 0) is 6.42 Å². The largest absolute Gasteiger partial charge is 0.308 e. The van der Waals surface area contributed by atoms with E-state index in [0.29, 0.717) is 6.04 Å². The molecule has 0 bridgehead atoms. The smallest absolute Gasteiger partial charge is 0.165 e. The van der Waals surface area contributed by atoms with E-state index in [2.05, 4.69) is 43.7 Å². The molecule has 0 saturated heterocycles. The zero-order chi connectivity index (χ0) is 11.8. The summed E-state index contributed by atoms with van der Waals surface area (Å²) < 4.78 is 3.36. The van der Waals surface area contributed by atoms with Crippen LogP contribution in [0.5, 0.6) is 0 Å². The van der Waals surface area contributed by atoms with Gasteiger partial charge in [0.15, 0.2) is 5.82 Å². The van der Waals surface area contributed by atoms with E-state index in [1.807, 2.05) is 18.2 Å². The molecule has 3 nitrogen and oxygen atoms in total. The number of fused-ring (bicyclic) bond motifs is 1. The van der Waals surface area contributed by atoms with E-state index in [1.54, 1.807) is 0 Å². The van der Waals surface area contributed by atoms with Gasteiger partial charge in [0, 0.05) is 22.5 Å². The molecule has 0 spiro atoms. The number of hydrogen-bond donors (Lipinski definition) is 0. The van der Waals surface area contributed by atoms with Crippen LogP contribution in [0.25, 0.3) is 11.4 Å². The summed E-state index contributed by atoms with van der Waals surface area (Å²) in [7, 11) is 0.